The minimum absolute atomic E-state index is 0.214. The molecule has 2 N–H and O–H groups in total. The van der Waals surface area contributed by atoms with Crippen molar-refractivity contribution in [3.8, 4) is 0 Å². The van der Waals surface area contributed by atoms with Gasteiger partial charge in [-0.2, -0.15) is 0 Å². The Morgan fingerprint density at radius 2 is 1.94 bits per heavy atom. The van der Waals surface area contributed by atoms with Gasteiger partial charge in [0.25, 0.3) is 5.91 Å². The van der Waals surface area contributed by atoms with Crippen LogP contribution in [0.1, 0.15) is 10.4 Å². The Morgan fingerprint density at radius 3 is 2.50 bits per heavy atom. The molecule has 0 bridgehead atoms. The summed E-state index contributed by atoms with van der Waals surface area (Å²) >= 11 is 5.82. The average Bonchev–Trinajstić information content (AvgIpc) is 2.58. The molecule has 0 saturated carbocycles. The Bertz CT molecular complexity index is 487. The van der Waals surface area contributed by atoms with Crippen LogP contribution in [0.5, 0.6) is 0 Å². The molecule has 1 saturated heterocycles. The van der Waals surface area contributed by atoms with E-state index < -0.39 is 23.8 Å². The van der Waals surface area contributed by atoms with Crippen LogP contribution in [0.4, 0.5) is 4.79 Å². The van der Waals surface area contributed by atoms with Gasteiger partial charge in [0.2, 0.25) is 0 Å². The number of amides is 3. The number of rotatable bonds is 2. The molecule has 2 rings (SSSR count). The summed E-state index contributed by atoms with van der Waals surface area (Å²) in [6.45, 7) is 0. The first-order valence-electron chi connectivity index (χ1n) is 4.49. The number of benzene rings is 1. The number of Topliss-reactive ketones (excluding diaryl/α,β-unsaturated/α-hetero) is 1. The third-order valence-electron chi connectivity index (χ3n) is 2.18. The molecular formula is C10H7ClN2O3. The van der Waals surface area contributed by atoms with Crippen LogP contribution in [0.15, 0.2) is 24.3 Å². The number of carbonyl (C=O) groups excluding carboxylic acids is 3. The molecule has 3 amide bonds. The van der Waals surface area contributed by atoms with Crippen LogP contribution >= 0.6 is 11.6 Å². The van der Waals surface area contributed by atoms with Crippen LogP contribution in [0.3, 0.4) is 0 Å². The average molecular weight is 239 g/mol. The monoisotopic (exact) mass is 238 g/mol. The maximum Gasteiger partial charge on any atom is 0.322 e. The zero-order chi connectivity index (χ0) is 11.7. The minimum Gasteiger partial charge on any atom is -0.319 e. The lowest BCUT2D eigenvalue weighted by atomic mass is 10.0. The van der Waals surface area contributed by atoms with Crippen LogP contribution in [-0.4, -0.2) is 23.8 Å². The van der Waals surface area contributed by atoms with Gasteiger partial charge in [0.1, 0.15) is 0 Å². The van der Waals surface area contributed by atoms with Crippen LogP contribution in [0.2, 0.25) is 5.02 Å². The van der Waals surface area contributed by atoms with Crippen molar-refractivity contribution in [3.63, 3.8) is 0 Å². The second kappa shape index (κ2) is 3.94. The van der Waals surface area contributed by atoms with E-state index in [0.717, 1.165) is 0 Å². The molecule has 0 radical (unpaired) electrons. The minimum atomic E-state index is -1.19. The second-order valence-corrected chi connectivity index (χ2v) is 3.65. The van der Waals surface area contributed by atoms with E-state index in [2.05, 4.69) is 5.32 Å². The second-order valence-electron chi connectivity index (χ2n) is 3.24. The van der Waals surface area contributed by atoms with Gasteiger partial charge in [-0.15, -0.1) is 0 Å². The Hall–Kier alpha value is -1.88. The van der Waals surface area contributed by atoms with Crippen molar-refractivity contribution >= 4 is 29.3 Å². The van der Waals surface area contributed by atoms with Gasteiger partial charge < -0.3 is 5.32 Å². The summed E-state index contributed by atoms with van der Waals surface area (Å²) in [6, 6.07) is 4.49. The van der Waals surface area contributed by atoms with E-state index in [0.29, 0.717) is 0 Å². The Morgan fingerprint density at radius 1 is 1.25 bits per heavy atom. The molecule has 1 aliphatic heterocycles. The highest BCUT2D eigenvalue weighted by Crippen LogP contribution is 2.17. The van der Waals surface area contributed by atoms with E-state index in [-0.39, 0.29) is 10.6 Å². The molecule has 1 unspecified atom stereocenters. The highest BCUT2D eigenvalue weighted by molar-refractivity contribution is 6.35. The third kappa shape index (κ3) is 1.77. The molecule has 1 atom stereocenters. The van der Waals surface area contributed by atoms with Crippen molar-refractivity contribution in [1.82, 2.24) is 10.6 Å². The number of ketones is 1. The summed E-state index contributed by atoms with van der Waals surface area (Å²) in [7, 11) is 0. The number of hydrogen-bond acceptors (Lipinski definition) is 3. The van der Waals surface area contributed by atoms with Gasteiger partial charge in [-0.05, 0) is 12.1 Å². The van der Waals surface area contributed by atoms with Crippen LogP contribution < -0.4 is 10.6 Å². The lowest BCUT2D eigenvalue weighted by molar-refractivity contribution is -0.119. The Labute approximate surface area is 95.8 Å². The molecule has 1 aromatic rings. The standard InChI is InChI=1S/C10H7ClN2O3/c11-6-4-2-1-3-5(6)8(14)7-9(15)13-10(16)12-7/h1-4,7H,(H2,12,13,15,16). The number of carbonyl (C=O) groups is 3. The van der Waals surface area contributed by atoms with Crippen molar-refractivity contribution in [3.05, 3.63) is 34.9 Å². The van der Waals surface area contributed by atoms with E-state index >= 15 is 0 Å². The van der Waals surface area contributed by atoms with Crippen molar-refractivity contribution in [2.45, 2.75) is 6.04 Å². The van der Waals surface area contributed by atoms with Gasteiger partial charge in [-0.25, -0.2) is 4.79 Å². The fraction of sp³-hybridized carbons (Fsp3) is 0.100. The maximum atomic E-state index is 11.9. The zero-order valence-corrected chi connectivity index (χ0v) is 8.75. The SMILES string of the molecule is O=C1NC(=O)C(C(=O)c2ccccc2Cl)N1. The largest absolute Gasteiger partial charge is 0.322 e. The summed E-state index contributed by atoms with van der Waals surface area (Å²) in [4.78, 5) is 34.0. The molecule has 0 aliphatic carbocycles. The number of urea groups is 1. The number of halogens is 1. The van der Waals surface area contributed by atoms with Crippen molar-refractivity contribution in [1.29, 1.82) is 0 Å². The summed E-state index contributed by atoms with van der Waals surface area (Å²) in [5.74, 6) is -1.18. The molecule has 0 spiro atoms. The van der Waals surface area contributed by atoms with E-state index in [1.54, 1.807) is 18.2 Å². The van der Waals surface area contributed by atoms with Gasteiger partial charge in [0.05, 0.1) is 5.02 Å². The molecule has 82 valence electrons. The first kappa shape index (κ1) is 10.6. The van der Waals surface area contributed by atoms with E-state index in [9.17, 15) is 14.4 Å². The molecule has 1 heterocycles. The predicted molar refractivity (Wildman–Crippen MR) is 56.2 cm³/mol. The summed E-state index contributed by atoms with van der Waals surface area (Å²) in [6.07, 6.45) is 0. The maximum absolute atomic E-state index is 11.9. The van der Waals surface area contributed by atoms with Gasteiger partial charge >= 0.3 is 6.03 Å². The Balaban J connectivity index is 2.30. The van der Waals surface area contributed by atoms with Crippen LogP contribution in [-0.2, 0) is 4.79 Å². The van der Waals surface area contributed by atoms with Crippen molar-refractivity contribution in [2.75, 3.05) is 0 Å². The highest BCUT2D eigenvalue weighted by Gasteiger charge is 2.36. The zero-order valence-electron chi connectivity index (χ0n) is 7.99. The number of hydrogen-bond donors (Lipinski definition) is 2. The molecule has 1 aliphatic rings. The number of nitrogens with one attached hydrogen (secondary N) is 2. The molecule has 6 heteroatoms. The fourth-order valence-corrected chi connectivity index (χ4v) is 1.65. The predicted octanol–water partition coefficient (Wildman–Crippen LogP) is 0.731. The van der Waals surface area contributed by atoms with E-state index in [4.69, 9.17) is 11.6 Å². The summed E-state index contributed by atoms with van der Waals surface area (Å²) in [5.41, 5.74) is 0.214. The normalized spacial score (nSPS) is 19.2. The highest BCUT2D eigenvalue weighted by atomic mass is 35.5. The van der Waals surface area contributed by atoms with Gasteiger partial charge in [0.15, 0.2) is 11.8 Å². The van der Waals surface area contributed by atoms with E-state index in [1.165, 1.54) is 6.07 Å². The van der Waals surface area contributed by atoms with E-state index in [1.807, 2.05) is 5.32 Å². The first-order chi connectivity index (χ1) is 7.59. The van der Waals surface area contributed by atoms with Crippen LogP contribution in [0.25, 0.3) is 0 Å². The smallest absolute Gasteiger partial charge is 0.319 e. The topological polar surface area (TPSA) is 75.3 Å². The molecule has 5 nitrogen and oxygen atoms in total. The van der Waals surface area contributed by atoms with Gasteiger partial charge in [-0.3, -0.25) is 14.9 Å². The molecule has 16 heavy (non-hydrogen) atoms. The lowest BCUT2D eigenvalue weighted by Crippen LogP contribution is -2.37. The first-order valence-corrected chi connectivity index (χ1v) is 4.87. The van der Waals surface area contributed by atoms with Crippen LogP contribution in [0, 0.1) is 0 Å². The molecule has 1 fully saturated rings. The molecule has 0 aromatic heterocycles. The van der Waals surface area contributed by atoms with Gasteiger partial charge in [0, 0.05) is 5.56 Å². The van der Waals surface area contributed by atoms with Crippen molar-refractivity contribution in [2.24, 2.45) is 0 Å². The summed E-state index contributed by atoms with van der Waals surface area (Å²) in [5, 5.41) is 4.46. The van der Waals surface area contributed by atoms with Gasteiger partial charge in [-0.1, -0.05) is 23.7 Å². The Kier molecular flexibility index (Phi) is 2.62. The quantitative estimate of drug-likeness (QED) is 0.453. The van der Waals surface area contributed by atoms with Crippen molar-refractivity contribution < 1.29 is 14.4 Å². The fourth-order valence-electron chi connectivity index (χ4n) is 1.42. The summed E-state index contributed by atoms with van der Waals surface area (Å²) < 4.78 is 0. The lowest BCUT2D eigenvalue weighted by Gasteiger charge is -2.07. The molecule has 1 aromatic carbocycles. The number of imide groups is 1. The third-order valence-corrected chi connectivity index (χ3v) is 2.51. The molecular weight excluding hydrogens is 232 g/mol.